The number of hydrogen-bond acceptors (Lipinski definition) is 4. The zero-order valence-electron chi connectivity index (χ0n) is 11.4. The minimum absolute atomic E-state index is 0.583. The van der Waals surface area contributed by atoms with E-state index in [1.54, 1.807) is 0 Å². The van der Waals surface area contributed by atoms with Gasteiger partial charge in [-0.05, 0) is 52.0 Å². The van der Waals surface area contributed by atoms with Gasteiger partial charge in [-0.2, -0.15) is 0 Å². The van der Waals surface area contributed by atoms with Gasteiger partial charge in [-0.3, -0.25) is 0 Å². The molecule has 0 radical (unpaired) electrons. The zero-order valence-corrected chi connectivity index (χ0v) is 11.4. The smallest absolute Gasteiger partial charge is 0.129 e. The van der Waals surface area contributed by atoms with Crippen LogP contribution in [0.4, 0.5) is 0 Å². The highest BCUT2D eigenvalue weighted by molar-refractivity contribution is 5.06. The van der Waals surface area contributed by atoms with Gasteiger partial charge in [0.15, 0.2) is 0 Å². The molecule has 1 aliphatic heterocycles. The Morgan fingerprint density at radius 2 is 2.28 bits per heavy atom. The van der Waals surface area contributed by atoms with Crippen LogP contribution in [0.5, 0.6) is 0 Å². The van der Waals surface area contributed by atoms with E-state index in [2.05, 4.69) is 17.3 Å². The summed E-state index contributed by atoms with van der Waals surface area (Å²) >= 11 is 0. The number of hydrogen-bond donors (Lipinski definition) is 1. The summed E-state index contributed by atoms with van der Waals surface area (Å²) in [4.78, 5) is 2.43. The molecule has 1 fully saturated rings. The van der Waals surface area contributed by atoms with E-state index in [0.717, 1.165) is 31.1 Å². The standard InChI is InChI=1S/C14H24N2O2/c1-15-10-13-5-6-14(18-13)11-17-9-7-12-4-3-8-16(12)2/h5-6,12,15H,3-4,7-11H2,1-2H3. The molecule has 0 amide bonds. The Kier molecular flexibility index (Phi) is 5.23. The maximum atomic E-state index is 5.68. The number of nitrogens with one attached hydrogen (secondary N) is 1. The molecule has 1 saturated heterocycles. The van der Waals surface area contributed by atoms with Crippen LogP contribution in [0.3, 0.4) is 0 Å². The lowest BCUT2D eigenvalue weighted by Gasteiger charge is -2.18. The quantitative estimate of drug-likeness (QED) is 0.753. The van der Waals surface area contributed by atoms with E-state index in [4.69, 9.17) is 9.15 Å². The molecular weight excluding hydrogens is 228 g/mol. The lowest BCUT2D eigenvalue weighted by Crippen LogP contribution is -2.26. The van der Waals surface area contributed by atoms with Crippen molar-refractivity contribution in [1.82, 2.24) is 10.2 Å². The molecule has 102 valence electrons. The van der Waals surface area contributed by atoms with Gasteiger partial charge >= 0.3 is 0 Å². The molecule has 1 aromatic heterocycles. The second-order valence-electron chi connectivity index (χ2n) is 5.02. The molecule has 1 unspecified atom stereocenters. The molecule has 18 heavy (non-hydrogen) atoms. The molecule has 0 aromatic carbocycles. The first-order valence-electron chi connectivity index (χ1n) is 6.80. The first-order valence-corrected chi connectivity index (χ1v) is 6.80. The van der Waals surface area contributed by atoms with Crippen molar-refractivity contribution in [2.24, 2.45) is 0 Å². The van der Waals surface area contributed by atoms with Crippen LogP contribution in [0.2, 0.25) is 0 Å². The second-order valence-corrected chi connectivity index (χ2v) is 5.02. The van der Waals surface area contributed by atoms with Crippen LogP contribution in [-0.4, -0.2) is 38.2 Å². The second kappa shape index (κ2) is 6.92. The Bertz CT molecular complexity index is 351. The van der Waals surface area contributed by atoms with Crippen LogP contribution >= 0.6 is 0 Å². The Balaban J connectivity index is 1.62. The Hall–Kier alpha value is -0.840. The topological polar surface area (TPSA) is 37.6 Å². The summed E-state index contributed by atoms with van der Waals surface area (Å²) < 4.78 is 11.3. The maximum absolute atomic E-state index is 5.68. The third kappa shape index (κ3) is 3.83. The fourth-order valence-corrected chi connectivity index (χ4v) is 2.51. The minimum atomic E-state index is 0.583. The summed E-state index contributed by atoms with van der Waals surface area (Å²) in [5.41, 5.74) is 0. The highest BCUT2D eigenvalue weighted by Crippen LogP contribution is 2.18. The van der Waals surface area contributed by atoms with Crippen LogP contribution in [-0.2, 0) is 17.9 Å². The first kappa shape index (κ1) is 13.6. The zero-order chi connectivity index (χ0) is 12.8. The normalized spacial score (nSPS) is 20.7. The van der Waals surface area contributed by atoms with Crippen molar-refractivity contribution in [3.63, 3.8) is 0 Å². The van der Waals surface area contributed by atoms with Crippen LogP contribution in [0.25, 0.3) is 0 Å². The Morgan fingerprint density at radius 3 is 3.00 bits per heavy atom. The molecule has 2 rings (SSSR count). The summed E-state index contributed by atoms with van der Waals surface area (Å²) in [6.07, 6.45) is 3.76. The molecule has 0 saturated carbocycles. The van der Waals surface area contributed by atoms with Crippen LogP contribution < -0.4 is 5.32 Å². The Labute approximate surface area is 109 Å². The molecule has 1 N–H and O–H groups in total. The van der Waals surface area contributed by atoms with Crippen molar-refractivity contribution in [3.8, 4) is 0 Å². The monoisotopic (exact) mass is 252 g/mol. The van der Waals surface area contributed by atoms with Crippen molar-refractivity contribution in [2.45, 2.75) is 38.5 Å². The van der Waals surface area contributed by atoms with Gasteiger partial charge in [0.2, 0.25) is 0 Å². The summed E-state index contributed by atoms with van der Waals surface area (Å²) in [6, 6.07) is 4.70. The van der Waals surface area contributed by atoms with Gasteiger partial charge in [0.1, 0.15) is 18.1 Å². The first-order chi connectivity index (χ1) is 8.79. The van der Waals surface area contributed by atoms with Crippen molar-refractivity contribution >= 4 is 0 Å². The summed E-state index contributed by atoms with van der Waals surface area (Å²) in [6.45, 7) is 3.40. The number of furan rings is 1. The van der Waals surface area contributed by atoms with Crippen LogP contribution in [0, 0.1) is 0 Å². The van der Waals surface area contributed by atoms with E-state index >= 15 is 0 Å². The van der Waals surface area contributed by atoms with E-state index in [1.165, 1.54) is 19.4 Å². The van der Waals surface area contributed by atoms with E-state index < -0.39 is 0 Å². The third-order valence-corrected chi connectivity index (χ3v) is 3.58. The highest BCUT2D eigenvalue weighted by atomic mass is 16.5. The number of nitrogens with zero attached hydrogens (tertiary/aromatic N) is 1. The molecule has 0 bridgehead atoms. The molecule has 1 aliphatic rings. The molecule has 4 nitrogen and oxygen atoms in total. The molecular formula is C14H24N2O2. The van der Waals surface area contributed by atoms with Crippen molar-refractivity contribution in [1.29, 1.82) is 0 Å². The summed E-state index contributed by atoms with van der Waals surface area (Å²) in [5.74, 6) is 1.88. The highest BCUT2D eigenvalue weighted by Gasteiger charge is 2.20. The van der Waals surface area contributed by atoms with Gasteiger partial charge in [-0.25, -0.2) is 0 Å². The van der Waals surface area contributed by atoms with Crippen LogP contribution in [0.1, 0.15) is 30.8 Å². The van der Waals surface area contributed by atoms with Gasteiger partial charge < -0.3 is 19.4 Å². The predicted octanol–water partition coefficient (Wildman–Crippen LogP) is 2.00. The number of ether oxygens (including phenoxy) is 1. The molecule has 0 aliphatic carbocycles. The van der Waals surface area contributed by atoms with Crippen molar-refractivity contribution in [2.75, 3.05) is 27.2 Å². The molecule has 1 atom stereocenters. The predicted molar refractivity (Wildman–Crippen MR) is 71.4 cm³/mol. The average Bonchev–Trinajstić information content (AvgIpc) is 2.95. The maximum Gasteiger partial charge on any atom is 0.129 e. The van der Waals surface area contributed by atoms with Crippen molar-refractivity contribution in [3.05, 3.63) is 23.7 Å². The Morgan fingerprint density at radius 1 is 1.44 bits per heavy atom. The molecule has 0 spiro atoms. The van der Waals surface area contributed by atoms with E-state index in [1.807, 2.05) is 19.2 Å². The summed E-state index contributed by atoms with van der Waals surface area (Å²) in [7, 11) is 4.12. The average molecular weight is 252 g/mol. The number of rotatable bonds is 7. The van der Waals surface area contributed by atoms with Crippen LogP contribution in [0.15, 0.2) is 16.5 Å². The molecule has 1 aromatic rings. The third-order valence-electron chi connectivity index (χ3n) is 3.58. The van der Waals surface area contributed by atoms with Gasteiger partial charge in [0, 0.05) is 12.6 Å². The molecule has 4 heteroatoms. The van der Waals surface area contributed by atoms with Gasteiger partial charge in [-0.1, -0.05) is 0 Å². The fraction of sp³-hybridized carbons (Fsp3) is 0.714. The largest absolute Gasteiger partial charge is 0.462 e. The van der Waals surface area contributed by atoms with Gasteiger partial charge in [0.05, 0.1) is 6.54 Å². The van der Waals surface area contributed by atoms with Gasteiger partial charge in [-0.15, -0.1) is 0 Å². The van der Waals surface area contributed by atoms with E-state index in [0.29, 0.717) is 12.6 Å². The lowest BCUT2D eigenvalue weighted by molar-refractivity contribution is 0.0886. The SMILES string of the molecule is CNCc1ccc(COCCC2CCCN2C)o1. The number of likely N-dealkylation sites (tertiary alicyclic amines) is 1. The minimum Gasteiger partial charge on any atom is -0.462 e. The van der Waals surface area contributed by atoms with E-state index in [9.17, 15) is 0 Å². The summed E-state index contributed by atoms with van der Waals surface area (Å²) in [5, 5.41) is 3.07. The molecule has 2 heterocycles. The van der Waals surface area contributed by atoms with Crippen molar-refractivity contribution < 1.29 is 9.15 Å². The lowest BCUT2D eigenvalue weighted by atomic mass is 10.1. The van der Waals surface area contributed by atoms with E-state index in [-0.39, 0.29) is 0 Å². The fourth-order valence-electron chi connectivity index (χ4n) is 2.51. The van der Waals surface area contributed by atoms with Gasteiger partial charge in [0.25, 0.3) is 0 Å².